The molecule has 168 valence electrons. The fourth-order valence-electron chi connectivity index (χ4n) is 4.55. The van der Waals surface area contributed by atoms with Crippen LogP contribution >= 0.6 is 0 Å². The van der Waals surface area contributed by atoms with Crippen molar-refractivity contribution in [2.45, 2.75) is 45.2 Å². The lowest BCUT2D eigenvalue weighted by molar-refractivity contribution is -0.130. The topological polar surface area (TPSA) is 104 Å². The van der Waals surface area contributed by atoms with Crippen molar-refractivity contribution in [2.24, 2.45) is 5.41 Å². The minimum absolute atomic E-state index is 0.106. The van der Waals surface area contributed by atoms with Crippen molar-refractivity contribution >= 4 is 22.7 Å². The van der Waals surface area contributed by atoms with Gasteiger partial charge in [0.05, 0.1) is 35.9 Å². The average molecular weight is 443 g/mol. The molecule has 1 saturated carbocycles. The third-order valence-corrected chi connectivity index (χ3v) is 6.43. The SMILES string of the molecule is CC1(C)CC(C#N)N(C(=O)CNC(=O)c2ccnc3ccc(-c4cnn(C5CC5)c4)cc23)C1. The van der Waals surface area contributed by atoms with E-state index in [1.165, 1.54) is 0 Å². The summed E-state index contributed by atoms with van der Waals surface area (Å²) in [7, 11) is 0. The number of hydrogen-bond acceptors (Lipinski definition) is 5. The molecule has 5 rings (SSSR count). The molecule has 1 aromatic carbocycles. The van der Waals surface area contributed by atoms with Gasteiger partial charge in [-0.2, -0.15) is 10.4 Å². The fourth-order valence-corrected chi connectivity index (χ4v) is 4.55. The highest BCUT2D eigenvalue weighted by molar-refractivity contribution is 6.07. The van der Waals surface area contributed by atoms with Crippen LogP contribution in [0.5, 0.6) is 0 Å². The van der Waals surface area contributed by atoms with Crippen LogP contribution in [0.3, 0.4) is 0 Å². The highest BCUT2D eigenvalue weighted by Crippen LogP contribution is 2.36. The summed E-state index contributed by atoms with van der Waals surface area (Å²) in [6, 6.07) is 9.74. The summed E-state index contributed by atoms with van der Waals surface area (Å²) in [6.07, 6.45) is 8.44. The van der Waals surface area contributed by atoms with Gasteiger partial charge in [0.25, 0.3) is 5.91 Å². The smallest absolute Gasteiger partial charge is 0.252 e. The van der Waals surface area contributed by atoms with Crippen molar-refractivity contribution < 1.29 is 9.59 Å². The van der Waals surface area contributed by atoms with E-state index >= 15 is 0 Å². The number of carbonyl (C=O) groups is 2. The molecule has 0 spiro atoms. The van der Waals surface area contributed by atoms with E-state index in [0.29, 0.717) is 30.1 Å². The van der Waals surface area contributed by atoms with Gasteiger partial charge in [-0.3, -0.25) is 19.3 Å². The van der Waals surface area contributed by atoms with Crippen LogP contribution in [0.2, 0.25) is 0 Å². The van der Waals surface area contributed by atoms with Crippen molar-refractivity contribution in [3.8, 4) is 17.2 Å². The van der Waals surface area contributed by atoms with Crippen LogP contribution < -0.4 is 5.32 Å². The average Bonchev–Trinajstić information content (AvgIpc) is 3.45. The summed E-state index contributed by atoms with van der Waals surface area (Å²) in [5.74, 6) is -0.583. The minimum Gasteiger partial charge on any atom is -0.343 e. The first-order valence-corrected chi connectivity index (χ1v) is 11.3. The van der Waals surface area contributed by atoms with Gasteiger partial charge < -0.3 is 10.2 Å². The number of hydrogen-bond donors (Lipinski definition) is 1. The third kappa shape index (κ3) is 4.19. The molecule has 2 aliphatic rings. The van der Waals surface area contributed by atoms with E-state index in [9.17, 15) is 14.9 Å². The van der Waals surface area contributed by atoms with Crippen molar-refractivity contribution in [1.82, 2.24) is 25.0 Å². The minimum atomic E-state index is -0.453. The molecule has 3 heterocycles. The molecule has 1 N–H and O–H groups in total. The van der Waals surface area contributed by atoms with Crippen LogP contribution in [0, 0.1) is 16.7 Å². The number of benzene rings is 1. The van der Waals surface area contributed by atoms with Gasteiger partial charge >= 0.3 is 0 Å². The molecule has 1 atom stereocenters. The Morgan fingerprint density at radius 2 is 2.06 bits per heavy atom. The molecule has 8 heteroatoms. The number of carbonyl (C=O) groups excluding carboxylic acids is 2. The lowest BCUT2D eigenvalue weighted by Crippen LogP contribution is -2.42. The molecule has 1 aliphatic heterocycles. The summed E-state index contributed by atoms with van der Waals surface area (Å²) < 4.78 is 2.00. The number of nitrogens with one attached hydrogen (secondary N) is 1. The molecular weight excluding hydrogens is 416 g/mol. The van der Waals surface area contributed by atoms with Crippen LogP contribution in [0.25, 0.3) is 22.0 Å². The number of nitrogens with zero attached hydrogens (tertiary/aromatic N) is 5. The number of pyridine rings is 1. The van der Waals surface area contributed by atoms with Crippen molar-refractivity contribution in [2.75, 3.05) is 13.1 Å². The van der Waals surface area contributed by atoms with Crippen LogP contribution in [-0.4, -0.2) is 50.6 Å². The molecule has 8 nitrogen and oxygen atoms in total. The summed E-state index contributed by atoms with van der Waals surface area (Å²) in [6.45, 7) is 4.44. The molecule has 2 fully saturated rings. The highest BCUT2D eigenvalue weighted by atomic mass is 16.2. The summed E-state index contributed by atoms with van der Waals surface area (Å²) in [5, 5.41) is 17.3. The molecule has 1 unspecified atom stereocenters. The Kier molecular flexibility index (Phi) is 5.12. The Balaban J connectivity index is 1.34. The monoisotopic (exact) mass is 442 g/mol. The molecule has 1 aliphatic carbocycles. The number of amides is 2. The molecule has 0 bridgehead atoms. The Hall–Kier alpha value is -3.73. The normalized spacial score (nSPS) is 19.4. The van der Waals surface area contributed by atoms with E-state index in [2.05, 4.69) is 21.5 Å². The number of fused-ring (bicyclic) bond motifs is 1. The first kappa shape index (κ1) is 21.1. The van der Waals surface area contributed by atoms with Gasteiger partial charge in [-0.05, 0) is 48.4 Å². The zero-order chi connectivity index (χ0) is 23.2. The van der Waals surface area contributed by atoms with Crippen molar-refractivity contribution in [3.63, 3.8) is 0 Å². The zero-order valence-corrected chi connectivity index (χ0v) is 18.8. The van der Waals surface area contributed by atoms with Gasteiger partial charge in [0, 0.05) is 29.9 Å². The molecule has 2 aromatic heterocycles. The second-order valence-corrected chi connectivity index (χ2v) is 9.75. The maximum absolute atomic E-state index is 13.0. The summed E-state index contributed by atoms with van der Waals surface area (Å²) in [5.41, 5.74) is 3.02. The van der Waals surface area contributed by atoms with Gasteiger partial charge in [-0.25, -0.2) is 0 Å². The third-order valence-electron chi connectivity index (χ3n) is 6.43. The first-order valence-electron chi connectivity index (χ1n) is 11.3. The number of nitriles is 1. The van der Waals surface area contributed by atoms with Crippen LogP contribution in [-0.2, 0) is 4.79 Å². The standard InChI is InChI=1S/C25H26N6O2/c1-25(2)10-19(11-26)30(15-25)23(32)13-28-24(33)20-7-8-27-22-6-3-16(9-21(20)22)17-12-29-31(14-17)18-4-5-18/h3,6-9,12,14,18-19H,4-5,10,13,15H2,1-2H3,(H,28,33). The van der Waals surface area contributed by atoms with E-state index in [1.807, 2.05) is 49.1 Å². The first-order chi connectivity index (χ1) is 15.8. The zero-order valence-electron chi connectivity index (χ0n) is 18.8. The van der Waals surface area contributed by atoms with Crippen molar-refractivity contribution in [3.05, 3.63) is 48.4 Å². The van der Waals surface area contributed by atoms with E-state index in [-0.39, 0.29) is 23.8 Å². The Morgan fingerprint density at radius 1 is 1.24 bits per heavy atom. The lowest BCUT2D eigenvalue weighted by Gasteiger charge is -2.21. The van der Waals surface area contributed by atoms with E-state index in [0.717, 1.165) is 29.4 Å². The quantitative estimate of drug-likeness (QED) is 0.653. The number of aromatic nitrogens is 3. The fraction of sp³-hybridized carbons (Fsp3) is 0.400. The van der Waals surface area contributed by atoms with Gasteiger partial charge in [0.1, 0.15) is 6.04 Å². The maximum Gasteiger partial charge on any atom is 0.252 e. The van der Waals surface area contributed by atoms with Gasteiger partial charge in [0.2, 0.25) is 5.91 Å². The molecule has 3 aromatic rings. The van der Waals surface area contributed by atoms with Crippen molar-refractivity contribution in [1.29, 1.82) is 5.26 Å². The highest BCUT2D eigenvalue weighted by Gasteiger charge is 2.40. The predicted octanol–water partition coefficient (Wildman–Crippen LogP) is 3.31. The van der Waals surface area contributed by atoms with E-state index in [1.54, 1.807) is 17.2 Å². The number of likely N-dealkylation sites (tertiary alicyclic amines) is 1. The Bertz CT molecular complexity index is 1280. The van der Waals surface area contributed by atoms with E-state index in [4.69, 9.17) is 0 Å². The largest absolute Gasteiger partial charge is 0.343 e. The molecule has 0 radical (unpaired) electrons. The number of rotatable bonds is 5. The summed E-state index contributed by atoms with van der Waals surface area (Å²) in [4.78, 5) is 31.7. The maximum atomic E-state index is 13.0. The second kappa shape index (κ2) is 8.00. The van der Waals surface area contributed by atoms with E-state index < -0.39 is 6.04 Å². The molecule has 2 amide bonds. The second-order valence-electron chi connectivity index (χ2n) is 9.75. The van der Waals surface area contributed by atoms with Crippen LogP contribution in [0.15, 0.2) is 42.9 Å². The molecule has 33 heavy (non-hydrogen) atoms. The Morgan fingerprint density at radius 3 is 2.82 bits per heavy atom. The summed E-state index contributed by atoms with van der Waals surface area (Å²) >= 11 is 0. The Labute approximate surface area is 192 Å². The lowest BCUT2D eigenvalue weighted by atomic mass is 9.91. The van der Waals surface area contributed by atoms with Gasteiger partial charge in [-0.1, -0.05) is 19.9 Å². The van der Waals surface area contributed by atoms with Crippen LogP contribution in [0.4, 0.5) is 0 Å². The van der Waals surface area contributed by atoms with Gasteiger partial charge in [-0.15, -0.1) is 0 Å². The molecular formula is C25H26N6O2. The molecule has 1 saturated heterocycles. The van der Waals surface area contributed by atoms with Crippen LogP contribution in [0.1, 0.15) is 49.5 Å². The van der Waals surface area contributed by atoms with Gasteiger partial charge in [0.15, 0.2) is 0 Å². The predicted molar refractivity (Wildman–Crippen MR) is 123 cm³/mol.